The first-order valence-corrected chi connectivity index (χ1v) is 7.58. The van der Waals surface area contributed by atoms with Crippen LogP contribution in [0.5, 0.6) is 0 Å². The number of hydrogen-bond donors (Lipinski definition) is 2. The topological polar surface area (TPSA) is 70.7 Å². The SMILES string of the molecule is O=c1[nH]cc2cnc(NCC(F)(F)F)nc2c1-c1ccc(Br)cc1. The minimum Gasteiger partial charge on any atom is -0.345 e. The Morgan fingerprint density at radius 1 is 1.21 bits per heavy atom. The smallest absolute Gasteiger partial charge is 0.345 e. The summed E-state index contributed by atoms with van der Waals surface area (Å²) in [6.07, 6.45) is -1.60. The molecule has 24 heavy (non-hydrogen) atoms. The van der Waals surface area contributed by atoms with Crippen LogP contribution >= 0.6 is 15.9 Å². The van der Waals surface area contributed by atoms with Crippen molar-refractivity contribution in [1.82, 2.24) is 15.0 Å². The van der Waals surface area contributed by atoms with Gasteiger partial charge in [0.15, 0.2) is 0 Å². The molecule has 0 bridgehead atoms. The Kier molecular flexibility index (Phi) is 4.27. The Hall–Kier alpha value is -2.42. The van der Waals surface area contributed by atoms with E-state index in [0.717, 1.165) is 4.47 Å². The zero-order valence-electron chi connectivity index (χ0n) is 12.0. The number of benzene rings is 1. The molecule has 2 aromatic heterocycles. The Morgan fingerprint density at radius 3 is 2.58 bits per heavy atom. The van der Waals surface area contributed by atoms with Crippen molar-refractivity contribution in [3.05, 3.63) is 51.5 Å². The summed E-state index contributed by atoms with van der Waals surface area (Å²) in [6.45, 7) is -1.25. The van der Waals surface area contributed by atoms with E-state index in [1.165, 1.54) is 12.4 Å². The lowest BCUT2D eigenvalue weighted by molar-refractivity contribution is -0.115. The minimum absolute atomic E-state index is 0.191. The number of alkyl halides is 3. The van der Waals surface area contributed by atoms with Gasteiger partial charge < -0.3 is 10.3 Å². The van der Waals surface area contributed by atoms with E-state index in [2.05, 4.69) is 36.2 Å². The summed E-state index contributed by atoms with van der Waals surface area (Å²) in [4.78, 5) is 22.7. The van der Waals surface area contributed by atoms with Gasteiger partial charge in [0, 0.05) is 22.3 Å². The maximum absolute atomic E-state index is 12.3. The number of anilines is 1. The highest BCUT2D eigenvalue weighted by Crippen LogP contribution is 2.25. The average molecular weight is 399 g/mol. The molecular formula is C15H10BrF3N4O. The van der Waals surface area contributed by atoms with Gasteiger partial charge in [0.05, 0.1) is 11.1 Å². The van der Waals surface area contributed by atoms with Crippen molar-refractivity contribution >= 4 is 32.8 Å². The largest absolute Gasteiger partial charge is 0.405 e. The number of H-pyrrole nitrogens is 1. The highest BCUT2D eigenvalue weighted by atomic mass is 79.9. The van der Waals surface area contributed by atoms with Gasteiger partial charge in [-0.15, -0.1) is 0 Å². The fourth-order valence-electron chi connectivity index (χ4n) is 2.17. The Labute approximate surface area is 142 Å². The number of hydrogen-bond acceptors (Lipinski definition) is 4. The molecule has 0 aliphatic carbocycles. The molecule has 1 aromatic carbocycles. The number of fused-ring (bicyclic) bond motifs is 1. The van der Waals surface area contributed by atoms with Crippen LogP contribution in [0.1, 0.15) is 0 Å². The van der Waals surface area contributed by atoms with Gasteiger partial charge in [-0.25, -0.2) is 9.97 Å². The number of nitrogens with zero attached hydrogens (tertiary/aromatic N) is 2. The average Bonchev–Trinajstić information content (AvgIpc) is 2.53. The molecule has 2 heterocycles. The standard InChI is InChI=1S/C15H10BrF3N4O/c16-10-3-1-8(2-4-10)11-12-9(5-20-13(11)24)6-21-14(23-12)22-7-15(17,18)19/h1-6H,7H2,(H,20,24)(H,21,22,23). The lowest BCUT2D eigenvalue weighted by Gasteiger charge is -2.10. The Bertz CT molecular complexity index is 938. The van der Waals surface area contributed by atoms with Crippen molar-refractivity contribution in [2.75, 3.05) is 11.9 Å². The number of nitrogens with one attached hydrogen (secondary N) is 2. The van der Waals surface area contributed by atoms with Gasteiger partial charge in [-0.05, 0) is 17.7 Å². The Balaban J connectivity index is 2.11. The van der Waals surface area contributed by atoms with Crippen LogP contribution in [-0.4, -0.2) is 27.7 Å². The first-order chi connectivity index (χ1) is 11.3. The van der Waals surface area contributed by atoms with E-state index >= 15 is 0 Å². The van der Waals surface area contributed by atoms with E-state index in [0.29, 0.717) is 10.9 Å². The molecule has 9 heteroatoms. The van der Waals surface area contributed by atoms with Crippen molar-refractivity contribution < 1.29 is 13.2 Å². The second-order valence-electron chi connectivity index (χ2n) is 4.97. The summed E-state index contributed by atoms with van der Waals surface area (Å²) in [6, 6.07) is 6.97. The Morgan fingerprint density at radius 2 is 1.92 bits per heavy atom. The number of halogens is 4. The molecule has 0 amide bonds. The van der Waals surface area contributed by atoms with E-state index < -0.39 is 12.7 Å². The van der Waals surface area contributed by atoms with E-state index in [9.17, 15) is 18.0 Å². The summed E-state index contributed by atoms with van der Waals surface area (Å²) >= 11 is 3.31. The number of aromatic amines is 1. The normalized spacial score (nSPS) is 11.7. The van der Waals surface area contributed by atoms with Gasteiger partial charge in [-0.2, -0.15) is 13.2 Å². The molecular weight excluding hydrogens is 389 g/mol. The molecule has 0 atom stereocenters. The number of rotatable bonds is 3. The highest BCUT2D eigenvalue weighted by molar-refractivity contribution is 9.10. The van der Waals surface area contributed by atoms with Crippen LogP contribution in [0, 0.1) is 0 Å². The summed E-state index contributed by atoms with van der Waals surface area (Å²) in [5, 5.41) is 2.64. The lowest BCUT2D eigenvalue weighted by Crippen LogP contribution is -2.22. The highest BCUT2D eigenvalue weighted by Gasteiger charge is 2.27. The summed E-state index contributed by atoms with van der Waals surface area (Å²) in [5.74, 6) is -0.191. The molecule has 0 saturated carbocycles. The molecule has 2 N–H and O–H groups in total. The zero-order valence-corrected chi connectivity index (χ0v) is 13.6. The molecule has 0 aliphatic rings. The van der Waals surface area contributed by atoms with Crippen LogP contribution in [-0.2, 0) is 0 Å². The van der Waals surface area contributed by atoms with E-state index in [1.807, 2.05) is 0 Å². The molecule has 0 aliphatic heterocycles. The fraction of sp³-hybridized carbons (Fsp3) is 0.133. The molecule has 3 rings (SSSR count). The maximum Gasteiger partial charge on any atom is 0.405 e. The van der Waals surface area contributed by atoms with Crippen molar-refractivity contribution in [1.29, 1.82) is 0 Å². The lowest BCUT2D eigenvalue weighted by atomic mass is 10.1. The van der Waals surface area contributed by atoms with Gasteiger partial charge in [0.2, 0.25) is 5.95 Å². The third-order valence-electron chi connectivity index (χ3n) is 3.22. The van der Waals surface area contributed by atoms with E-state index in [1.54, 1.807) is 24.3 Å². The van der Waals surface area contributed by atoms with Crippen LogP contribution in [0.25, 0.3) is 22.0 Å². The van der Waals surface area contributed by atoms with Crippen LogP contribution in [0.2, 0.25) is 0 Å². The minimum atomic E-state index is -4.39. The molecule has 5 nitrogen and oxygen atoms in total. The monoisotopic (exact) mass is 398 g/mol. The van der Waals surface area contributed by atoms with Crippen LogP contribution in [0.4, 0.5) is 19.1 Å². The van der Waals surface area contributed by atoms with E-state index in [4.69, 9.17) is 0 Å². The summed E-state index contributed by atoms with van der Waals surface area (Å²) < 4.78 is 37.8. The van der Waals surface area contributed by atoms with Crippen molar-refractivity contribution in [2.24, 2.45) is 0 Å². The van der Waals surface area contributed by atoms with Gasteiger partial charge in [-0.3, -0.25) is 4.79 Å². The van der Waals surface area contributed by atoms with Gasteiger partial charge in [0.1, 0.15) is 6.54 Å². The zero-order chi connectivity index (χ0) is 17.3. The van der Waals surface area contributed by atoms with Crippen molar-refractivity contribution in [2.45, 2.75) is 6.18 Å². The molecule has 0 radical (unpaired) electrons. The predicted octanol–water partition coefficient (Wildman–Crippen LogP) is 3.72. The third-order valence-corrected chi connectivity index (χ3v) is 3.75. The molecule has 0 saturated heterocycles. The van der Waals surface area contributed by atoms with Gasteiger partial charge in [0.25, 0.3) is 5.56 Å². The third kappa shape index (κ3) is 3.56. The maximum atomic E-state index is 12.3. The predicted molar refractivity (Wildman–Crippen MR) is 87.8 cm³/mol. The second-order valence-corrected chi connectivity index (χ2v) is 5.88. The fourth-order valence-corrected chi connectivity index (χ4v) is 2.43. The summed E-state index contributed by atoms with van der Waals surface area (Å²) in [5.41, 5.74) is 0.772. The number of pyridine rings is 1. The van der Waals surface area contributed by atoms with E-state index in [-0.39, 0.29) is 22.6 Å². The molecule has 0 fully saturated rings. The molecule has 0 unspecified atom stereocenters. The van der Waals surface area contributed by atoms with Crippen LogP contribution < -0.4 is 10.9 Å². The molecule has 124 valence electrons. The van der Waals surface area contributed by atoms with Gasteiger partial charge in [-0.1, -0.05) is 28.1 Å². The first-order valence-electron chi connectivity index (χ1n) is 6.78. The quantitative estimate of drug-likeness (QED) is 0.705. The van der Waals surface area contributed by atoms with Crippen molar-refractivity contribution in [3.63, 3.8) is 0 Å². The second kappa shape index (κ2) is 6.23. The van der Waals surface area contributed by atoms with Crippen LogP contribution in [0.15, 0.2) is 45.9 Å². The first kappa shape index (κ1) is 16.4. The molecule has 3 aromatic rings. The van der Waals surface area contributed by atoms with Crippen molar-refractivity contribution in [3.8, 4) is 11.1 Å². The summed E-state index contributed by atoms with van der Waals surface area (Å²) in [7, 11) is 0. The molecule has 0 spiro atoms. The number of aromatic nitrogens is 3. The van der Waals surface area contributed by atoms with Gasteiger partial charge >= 0.3 is 6.18 Å². The van der Waals surface area contributed by atoms with Crippen LogP contribution in [0.3, 0.4) is 0 Å².